The van der Waals surface area contributed by atoms with Gasteiger partial charge in [-0.05, 0) is 31.2 Å². The van der Waals surface area contributed by atoms with Crippen molar-refractivity contribution in [3.05, 3.63) is 64.8 Å². The third-order valence-corrected chi connectivity index (χ3v) is 4.20. The number of methoxy groups -OCH3 is 2. The lowest BCUT2D eigenvalue weighted by atomic mass is 10.2. The SMILES string of the molecule is COc1ccc(Nc2cc(C)nc(NCc3ccccc3OC)n2)cc1Cl. The van der Waals surface area contributed by atoms with E-state index >= 15 is 0 Å². The number of aromatic nitrogens is 2. The Bertz CT molecular complexity index is 934. The number of ether oxygens (including phenoxy) is 2. The standard InChI is InChI=1S/C20H21ClN4O2/c1-13-10-19(24-15-8-9-18(27-3)16(21)11-15)25-20(23-13)22-12-14-6-4-5-7-17(14)26-2/h4-11H,12H2,1-3H3,(H2,22,23,24,25). The summed E-state index contributed by atoms with van der Waals surface area (Å²) in [5.41, 5.74) is 2.69. The second-order valence-electron chi connectivity index (χ2n) is 5.86. The largest absolute Gasteiger partial charge is 0.496 e. The van der Waals surface area contributed by atoms with Gasteiger partial charge in [-0.15, -0.1) is 0 Å². The molecule has 2 aromatic carbocycles. The van der Waals surface area contributed by atoms with Crippen LogP contribution in [0.25, 0.3) is 0 Å². The van der Waals surface area contributed by atoms with Crippen molar-refractivity contribution in [2.75, 3.05) is 24.9 Å². The summed E-state index contributed by atoms with van der Waals surface area (Å²) < 4.78 is 10.6. The molecule has 0 bridgehead atoms. The molecule has 0 fully saturated rings. The van der Waals surface area contributed by atoms with Crippen LogP contribution in [-0.2, 0) is 6.54 Å². The van der Waals surface area contributed by atoms with E-state index in [1.54, 1.807) is 26.4 Å². The summed E-state index contributed by atoms with van der Waals surface area (Å²) in [5, 5.41) is 7.02. The normalized spacial score (nSPS) is 10.4. The third kappa shape index (κ3) is 4.80. The molecule has 0 spiro atoms. The molecular weight excluding hydrogens is 364 g/mol. The number of aryl methyl sites for hydroxylation is 1. The average molecular weight is 385 g/mol. The fourth-order valence-electron chi connectivity index (χ4n) is 2.63. The van der Waals surface area contributed by atoms with E-state index in [2.05, 4.69) is 20.6 Å². The Balaban J connectivity index is 1.75. The van der Waals surface area contributed by atoms with Crippen LogP contribution in [0.5, 0.6) is 11.5 Å². The number of halogens is 1. The smallest absolute Gasteiger partial charge is 0.225 e. The molecule has 0 aliphatic rings. The molecule has 6 nitrogen and oxygen atoms in total. The quantitative estimate of drug-likeness (QED) is 0.609. The molecule has 0 atom stereocenters. The molecule has 0 amide bonds. The molecule has 1 heterocycles. The van der Waals surface area contributed by atoms with Crippen LogP contribution in [0.3, 0.4) is 0 Å². The molecule has 0 saturated heterocycles. The van der Waals surface area contributed by atoms with Gasteiger partial charge in [-0.3, -0.25) is 0 Å². The van der Waals surface area contributed by atoms with Crippen LogP contribution in [0, 0.1) is 6.92 Å². The van der Waals surface area contributed by atoms with E-state index in [9.17, 15) is 0 Å². The van der Waals surface area contributed by atoms with Crippen molar-refractivity contribution in [3.63, 3.8) is 0 Å². The summed E-state index contributed by atoms with van der Waals surface area (Å²) >= 11 is 6.18. The van der Waals surface area contributed by atoms with Gasteiger partial charge in [0.05, 0.1) is 19.2 Å². The summed E-state index contributed by atoms with van der Waals surface area (Å²) in [6.45, 7) is 2.48. The first kappa shape index (κ1) is 18.8. The monoisotopic (exact) mass is 384 g/mol. The van der Waals surface area contributed by atoms with E-state index in [1.807, 2.05) is 43.3 Å². The minimum atomic E-state index is 0.530. The van der Waals surface area contributed by atoms with Gasteiger partial charge in [0, 0.05) is 29.6 Å². The Morgan fingerprint density at radius 3 is 2.48 bits per heavy atom. The van der Waals surface area contributed by atoms with Crippen LogP contribution >= 0.6 is 11.6 Å². The summed E-state index contributed by atoms with van der Waals surface area (Å²) in [6, 6.07) is 15.2. The van der Waals surface area contributed by atoms with E-state index < -0.39 is 0 Å². The summed E-state index contributed by atoms with van der Waals surface area (Å²) in [6.07, 6.45) is 0. The molecule has 3 aromatic rings. The molecule has 3 rings (SSSR count). The minimum absolute atomic E-state index is 0.530. The lowest BCUT2D eigenvalue weighted by molar-refractivity contribution is 0.410. The molecular formula is C20H21ClN4O2. The van der Waals surface area contributed by atoms with Crippen molar-refractivity contribution >= 4 is 29.1 Å². The van der Waals surface area contributed by atoms with Gasteiger partial charge in [-0.25, -0.2) is 4.98 Å². The molecule has 0 unspecified atom stereocenters. The predicted octanol–water partition coefficient (Wildman–Crippen LogP) is 4.81. The number of anilines is 3. The number of hydrogen-bond acceptors (Lipinski definition) is 6. The number of nitrogens with one attached hydrogen (secondary N) is 2. The number of benzene rings is 2. The fourth-order valence-corrected chi connectivity index (χ4v) is 2.88. The second-order valence-corrected chi connectivity index (χ2v) is 6.27. The molecule has 27 heavy (non-hydrogen) atoms. The van der Waals surface area contributed by atoms with Crippen LogP contribution in [0.4, 0.5) is 17.5 Å². The van der Waals surface area contributed by atoms with Crippen LogP contribution in [-0.4, -0.2) is 24.2 Å². The fraction of sp³-hybridized carbons (Fsp3) is 0.200. The van der Waals surface area contributed by atoms with Crippen LogP contribution in [0.1, 0.15) is 11.3 Å². The number of para-hydroxylation sites is 1. The topological polar surface area (TPSA) is 68.3 Å². The Morgan fingerprint density at radius 2 is 1.74 bits per heavy atom. The molecule has 2 N–H and O–H groups in total. The Morgan fingerprint density at radius 1 is 0.963 bits per heavy atom. The Labute approximate surface area is 163 Å². The molecule has 0 aliphatic carbocycles. The summed E-state index contributed by atoms with van der Waals surface area (Å²) in [7, 11) is 3.24. The van der Waals surface area contributed by atoms with Crippen molar-refractivity contribution in [2.24, 2.45) is 0 Å². The van der Waals surface area contributed by atoms with Crippen LogP contribution < -0.4 is 20.1 Å². The summed E-state index contributed by atoms with van der Waals surface area (Å²) in [5.74, 6) is 2.65. The van der Waals surface area contributed by atoms with E-state index in [-0.39, 0.29) is 0 Å². The Kier molecular flexibility index (Phi) is 5.98. The zero-order chi connectivity index (χ0) is 19.2. The van der Waals surface area contributed by atoms with Gasteiger partial charge in [-0.1, -0.05) is 29.8 Å². The van der Waals surface area contributed by atoms with E-state index in [0.29, 0.717) is 29.1 Å². The van der Waals surface area contributed by atoms with E-state index in [4.69, 9.17) is 21.1 Å². The van der Waals surface area contributed by atoms with Crippen molar-refractivity contribution < 1.29 is 9.47 Å². The molecule has 0 aliphatic heterocycles. The highest BCUT2D eigenvalue weighted by Gasteiger charge is 2.07. The second kappa shape index (κ2) is 8.60. The first-order chi connectivity index (χ1) is 13.1. The van der Waals surface area contributed by atoms with Gasteiger partial charge in [-0.2, -0.15) is 4.98 Å². The van der Waals surface area contributed by atoms with Gasteiger partial charge in [0.1, 0.15) is 17.3 Å². The minimum Gasteiger partial charge on any atom is -0.496 e. The predicted molar refractivity (Wildman–Crippen MR) is 108 cm³/mol. The van der Waals surface area contributed by atoms with Crippen molar-refractivity contribution in [2.45, 2.75) is 13.5 Å². The van der Waals surface area contributed by atoms with Crippen molar-refractivity contribution in [1.82, 2.24) is 9.97 Å². The van der Waals surface area contributed by atoms with Crippen molar-refractivity contribution in [1.29, 1.82) is 0 Å². The maximum atomic E-state index is 6.18. The zero-order valence-electron chi connectivity index (χ0n) is 15.4. The third-order valence-electron chi connectivity index (χ3n) is 3.91. The maximum absolute atomic E-state index is 6.18. The molecule has 0 radical (unpaired) electrons. The van der Waals surface area contributed by atoms with Crippen LogP contribution in [0.15, 0.2) is 48.5 Å². The van der Waals surface area contributed by atoms with E-state index in [0.717, 1.165) is 22.7 Å². The zero-order valence-corrected chi connectivity index (χ0v) is 16.2. The van der Waals surface area contributed by atoms with Gasteiger partial charge >= 0.3 is 0 Å². The lowest BCUT2D eigenvalue weighted by Gasteiger charge is -2.12. The number of hydrogen-bond donors (Lipinski definition) is 2. The highest BCUT2D eigenvalue weighted by Crippen LogP contribution is 2.28. The van der Waals surface area contributed by atoms with E-state index in [1.165, 1.54) is 0 Å². The molecule has 140 valence electrons. The molecule has 0 saturated carbocycles. The first-order valence-electron chi connectivity index (χ1n) is 8.41. The molecule has 7 heteroatoms. The Hall–Kier alpha value is -2.99. The van der Waals surface area contributed by atoms with Gasteiger partial charge < -0.3 is 20.1 Å². The van der Waals surface area contributed by atoms with Gasteiger partial charge in [0.15, 0.2) is 0 Å². The van der Waals surface area contributed by atoms with Gasteiger partial charge in [0.2, 0.25) is 5.95 Å². The molecule has 1 aromatic heterocycles. The van der Waals surface area contributed by atoms with Crippen LogP contribution in [0.2, 0.25) is 5.02 Å². The maximum Gasteiger partial charge on any atom is 0.225 e. The highest BCUT2D eigenvalue weighted by molar-refractivity contribution is 6.32. The number of nitrogens with zero attached hydrogens (tertiary/aromatic N) is 2. The number of rotatable bonds is 7. The van der Waals surface area contributed by atoms with Gasteiger partial charge in [0.25, 0.3) is 0 Å². The highest BCUT2D eigenvalue weighted by atomic mass is 35.5. The van der Waals surface area contributed by atoms with Crippen molar-refractivity contribution in [3.8, 4) is 11.5 Å². The average Bonchev–Trinajstić information content (AvgIpc) is 2.66. The lowest BCUT2D eigenvalue weighted by Crippen LogP contribution is -2.07. The summed E-state index contributed by atoms with van der Waals surface area (Å²) in [4.78, 5) is 8.97. The first-order valence-corrected chi connectivity index (χ1v) is 8.79.